The minimum atomic E-state index is -4.31. The van der Waals surface area contributed by atoms with Crippen LogP contribution in [0.4, 0.5) is 13.2 Å². The molecule has 0 saturated heterocycles. The number of hydrogen-bond donors (Lipinski definition) is 1. The number of alkyl halides is 3. The molecule has 0 radical (unpaired) electrons. The first kappa shape index (κ1) is 23.3. The second kappa shape index (κ2) is 10.8. The van der Waals surface area contributed by atoms with Gasteiger partial charge in [-0.1, -0.05) is 65.9 Å². The molecule has 0 saturated carbocycles. The molecule has 0 bridgehead atoms. The van der Waals surface area contributed by atoms with Crippen molar-refractivity contribution >= 4 is 23.5 Å². The van der Waals surface area contributed by atoms with Crippen LogP contribution in [0.3, 0.4) is 0 Å². The van der Waals surface area contributed by atoms with Crippen molar-refractivity contribution in [1.29, 1.82) is 0 Å². The van der Waals surface area contributed by atoms with Gasteiger partial charge in [-0.25, -0.2) is 0 Å². The lowest BCUT2D eigenvalue weighted by Crippen LogP contribution is -2.18. The van der Waals surface area contributed by atoms with Crippen molar-refractivity contribution in [2.45, 2.75) is 24.3 Å². The van der Waals surface area contributed by atoms with Crippen LogP contribution in [0.25, 0.3) is 0 Å². The van der Waals surface area contributed by atoms with E-state index in [1.807, 2.05) is 42.5 Å². The predicted octanol–water partition coefficient (Wildman–Crippen LogP) is 7.10. The highest BCUT2D eigenvalue weighted by Crippen LogP contribution is 2.29. The molecule has 3 aromatic carbocycles. The third-order valence-electron chi connectivity index (χ3n) is 4.87. The molecule has 0 heterocycles. The van der Waals surface area contributed by atoms with E-state index in [4.69, 9.17) is 18.0 Å². The molecular formula is C25H21ClF3NS. The van der Waals surface area contributed by atoms with Crippen molar-refractivity contribution < 1.29 is 13.2 Å². The van der Waals surface area contributed by atoms with Gasteiger partial charge in [0.25, 0.3) is 0 Å². The van der Waals surface area contributed by atoms with Crippen LogP contribution >= 0.6 is 23.5 Å². The molecule has 1 N–H and O–H groups in total. The lowest BCUT2D eigenvalue weighted by Gasteiger charge is -2.19. The largest absolute Gasteiger partial charge is 0.416 e. The lowest BCUT2D eigenvalue weighted by atomic mass is 9.91. The van der Waals surface area contributed by atoms with E-state index < -0.39 is 11.7 Å². The third kappa shape index (κ3) is 7.07. The van der Waals surface area contributed by atoms with E-state index in [0.717, 1.165) is 40.8 Å². The van der Waals surface area contributed by atoms with E-state index in [-0.39, 0.29) is 5.92 Å². The third-order valence-corrected chi connectivity index (χ3v) is 5.97. The zero-order valence-corrected chi connectivity index (χ0v) is 18.2. The molecule has 1 unspecified atom stereocenters. The summed E-state index contributed by atoms with van der Waals surface area (Å²) in [7, 11) is 0. The van der Waals surface area contributed by atoms with Gasteiger partial charge in [0.15, 0.2) is 0 Å². The van der Waals surface area contributed by atoms with Crippen molar-refractivity contribution in [3.63, 3.8) is 0 Å². The Morgan fingerprint density at radius 1 is 0.968 bits per heavy atom. The number of terminal acetylenes is 1. The number of benzene rings is 3. The topological polar surface area (TPSA) is 12.0 Å². The summed E-state index contributed by atoms with van der Waals surface area (Å²) in [5, 5.41) is 0.694. The molecule has 0 aliphatic carbocycles. The maximum atomic E-state index is 12.7. The number of hydrogen-bond acceptors (Lipinski definition) is 2. The summed E-state index contributed by atoms with van der Waals surface area (Å²) in [5.74, 6) is 3.42. The van der Waals surface area contributed by atoms with E-state index in [0.29, 0.717) is 17.3 Å². The highest BCUT2D eigenvalue weighted by molar-refractivity contribution is 7.96. The zero-order chi connectivity index (χ0) is 22.3. The van der Waals surface area contributed by atoms with Crippen LogP contribution in [-0.4, -0.2) is 6.54 Å². The van der Waals surface area contributed by atoms with Crippen LogP contribution in [0.2, 0.25) is 5.02 Å². The molecule has 31 heavy (non-hydrogen) atoms. The molecule has 1 nitrogen and oxygen atoms in total. The Kier molecular flexibility index (Phi) is 8.09. The van der Waals surface area contributed by atoms with Crippen molar-refractivity contribution in [3.8, 4) is 12.3 Å². The molecule has 0 fully saturated rings. The Bertz CT molecular complexity index is 1020. The van der Waals surface area contributed by atoms with Gasteiger partial charge < -0.3 is 0 Å². The first-order valence-corrected chi connectivity index (χ1v) is 11.0. The smallest absolute Gasteiger partial charge is 0.263 e. The SMILES string of the molecule is C#Cc1cccc(C(CNSCc2ccc(C(F)(F)F)cc2)Cc2ccc(Cl)cc2)c1. The van der Waals surface area contributed by atoms with E-state index in [1.54, 1.807) is 0 Å². The highest BCUT2D eigenvalue weighted by Gasteiger charge is 2.29. The Morgan fingerprint density at radius 3 is 2.29 bits per heavy atom. The predicted molar refractivity (Wildman–Crippen MR) is 123 cm³/mol. The van der Waals surface area contributed by atoms with Gasteiger partial charge in [0.2, 0.25) is 0 Å². The van der Waals surface area contributed by atoms with Crippen molar-refractivity contribution in [2.75, 3.05) is 6.54 Å². The van der Waals surface area contributed by atoms with E-state index in [1.165, 1.54) is 24.1 Å². The monoisotopic (exact) mass is 459 g/mol. The minimum Gasteiger partial charge on any atom is -0.263 e. The van der Waals surface area contributed by atoms with Crippen LogP contribution in [0.5, 0.6) is 0 Å². The van der Waals surface area contributed by atoms with Crippen molar-refractivity contribution in [2.24, 2.45) is 0 Å². The first-order chi connectivity index (χ1) is 14.8. The summed E-state index contributed by atoms with van der Waals surface area (Å²) >= 11 is 7.47. The van der Waals surface area contributed by atoms with Crippen LogP contribution in [0, 0.1) is 12.3 Å². The summed E-state index contributed by atoms with van der Waals surface area (Å²) in [4.78, 5) is 0. The number of nitrogens with one attached hydrogen (secondary N) is 1. The van der Waals surface area contributed by atoms with Crippen LogP contribution in [0.1, 0.15) is 33.7 Å². The van der Waals surface area contributed by atoms with Gasteiger partial charge in [0, 0.05) is 28.8 Å². The van der Waals surface area contributed by atoms with E-state index >= 15 is 0 Å². The standard InChI is InChI=1S/C25H21ClF3NS/c1-2-18-4-3-5-21(14-18)22(15-19-8-12-24(26)13-9-19)16-30-31-17-20-6-10-23(11-7-20)25(27,28)29/h1,3-14,22,30H,15-17H2. The molecule has 160 valence electrons. The van der Waals surface area contributed by atoms with Crippen molar-refractivity contribution in [3.05, 3.63) is 106 Å². The van der Waals surface area contributed by atoms with Crippen LogP contribution < -0.4 is 4.72 Å². The Morgan fingerprint density at radius 2 is 1.65 bits per heavy atom. The second-order valence-electron chi connectivity index (χ2n) is 7.13. The fourth-order valence-electron chi connectivity index (χ4n) is 3.18. The summed E-state index contributed by atoms with van der Waals surface area (Å²) < 4.78 is 41.4. The summed E-state index contributed by atoms with van der Waals surface area (Å²) in [6.45, 7) is 0.682. The normalized spacial score (nSPS) is 12.4. The summed E-state index contributed by atoms with van der Waals surface area (Å²) in [6.07, 6.45) is 2.05. The Hall–Kier alpha value is -2.39. The lowest BCUT2D eigenvalue weighted by molar-refractivity contribution is -0.137. The summed E-state index contributed by atoms with van der Waals surface area (Å²) in [6, 6.07) is 21.0. The highest BCUT2D eigenvalue weighted by atomic mass is 35.5. The average Bonchev–Trinajstić information content (AvgIpc) is 2.77. The molecule has 6 heteroatoms. The minimum absolute atomic E-state index is 0.176. The molecule has 1 atom stereocenters. The van der Waals surface area contributed by atoms with Gasteiger partial charge in [0.05, 0.1) is 5.56 Å². The molecule has 0 aliphatic heterocycles. The quantitative estimate of drug-likeness (QED) is 0.219. The Balaban J connectivity index is 1.63. The second-order valence-corrected chi connectivity index (χ2v) is 8.43. The van der Waals surface area contributed by atoms with Gasteiger partial charge in [-0.05, 0) is 59.5 Å². The van der Waals surface area contributed by atoms with Gasteiger partial charge in [-0.15, -0.1) is 6.42 Å². The molecule has 0 amide bonds. The maximum Gasteiger partial charge on any atom is 0.416 e. The number of halogens is 4. The van der Waals surface area contributed by atoms with Crippen molar-refractivity contribution in [1.82, 2.24) is 4.72 Å². The molecule has 3 rings (SSSR count). The fourth-order valence-corrected chi connectivity index (χ4v) is 4.09. The van der Waals surface area contributed by atoms with Gasteiger partial charge in [-0.2, -0.15) is 13.2 Å². The van der Waals surface area contributed by atoms with Crippen LogP contribution in [-0.2, 0) is 18.3 Å². The molecule has 3 aromatic rings. The fraction of sp³-hybridized carbons (Fsp3) is 0.200. The summed E-state index contributed by atoms with van der Waals surface area (Å²) in [5.41, 5.74) is 3.32. The molecule has 0 aromatic heterocycles. The maximum absolute atomic E-state index is 12.7. The molecular weight excluding hydrogens is 439 g/mol. The van der Waals surface area contributed by atoms with Gasteiger partial charge >= 0.3 is 6.18 Å². The Labute approximate surface area is 190 Å². The average molecular weight is 460 g/mol. The van der Waals surface area contributed by atoms with Gasteiger partial charge in [-0.3, -0.25) is 4.72 Å². The molecule has 0 spiro atoms. The first-order valence-electron chi connectivity index (χ1n) is 9.67. The number of rotatable bonds is 8. The van der Waals surface area contributed by atoms with Gasteiger partial charge in [0.1, 0.15) is 0 Å². The zero-order valence-electron chi connectivity index (χ0n) is 16.6. The van der Waals surface area contributed by atoms with E-state index in [9.17, 15) is 13.2 Å². The van der Waals surface area contributed by atoms with E-state index in [2.05, 4.69) is 16.7 Å². The van der Waals surface area contributed by atoms with Crippen LogP contribution in [0.15, 0.2) is 72.8 Å². The molecule has 0 aliphatic rings.